The molecule has 6 aromatic rings. The molecule has 0 amide bonds. The van der Waals surface area contributed by atoms with Gasteiger partial charge in [-0.1, -0.05) is 72.8 Å². The van der Waals surface area contributed by atoms with Crippen molar-refractivity contribution in [3.05, 3.63) is 96.1 Å². The first kappa shape index (κ1) is 20.4. The second kappa shape index (κ2) is 8.60. The van der Waals surface area contributed by atoms with E-state index in [0.717, 1.165) is 33.2 Å². The van der Waals surface area contributed by atoms with Gasteiger partial charge in [0.15, 0.2) is 0 Å². The average Bonchev–Trinajstić information content (AvgIpc) is 3.44. The molecule has 0 spiro atoms. The lowest BCUT2D eigenvalue weighted by atomic mass is 10.1. The van der Waals surface area contributed by atoms with E-state index in [0.29, 0.717) is 12.8 Å². The molecule has 5 heteroatoms. The van der Waals surface area contributed by atoms with Gasteiger partial charge in [0.2, 0.25) is 0 Å². The minimum absolute atomic E-state index is 0.269. The number of aromatic nitrogens is 2. The fraction of sp³-hybridized carbons (Fsp3) is 0.138. The molecular formula is C29H24N2O3. The number of rotatable bonds is 6. The van der Waals surface area contributed by atoms with E-state index in [2.05, 4.69) is 58.5 Å². The van der Waals surface area contributed by atoms with Crippen molar-refractivity contribution in [2.75, 3.05) is 13.2 Å². The zero-order valence-electron chi connectivity index (χ0n) is 18.6. The molecule has 2 aromatic heterocycles. The predicted molar refractivity (Wildman–Crippen MR) is 136 cm³/mol. The van der Waals surface area contributed by atoms with Crippen molar-refractivity contribution in [3.8, 4) is 0 Å². The van der Waals surface area contributed by atoms with Crippen LogP contribution < -0.4 is 0 Å². The molecule has 0 radical (unpaired) electrons. The summed E-state index contributed by atoms with van der Waals surface area (Å²) in [5, 5.41) is 4.76. The van der Waals surface area contributed by atoms with Crippen molar-refractivity contribution in [3.63, 3.8) is 0 Å². The van der Waals surface area contributed by atoms with Gasteiger partial charge in [-0.05, 0) is 23.3 Å². The Balaban J connectivity index is 1.07. The highest BCUT2D eigenvalue weighted by molar-refractivity contribution is 6.09. The molecule has 4 aromatic carbocycles. The number of carbonyl (C=O) groups is 1. The summed E-state index contributed by atoms with van der Waals surface area (Å²) in [7, 11) is 0. The van der Waals surface area contributed by atoms with Crippen molar-refractivity contribution in [1.29, 1.82) is 0 Å². The van der Waals surface area contributed by atoms with Gasteiger partial charge in [-0.15, -0.1) is 0 Å². The van der Waals surface area contributed by atoms with Gasteiger partial charge in [0, 0.05) is 56.5 Å². The summed E-state index contributed by atoms with van der Waals surface area (Å²) in [6, 6.07) is 28.9. The quantitative estimate of drug-likeness (QED) is 0.273. The summed E-state index contributed by atoms with van der Waals surface area (Å²) in [6.07, 6.45) is 0.606. The second-order valence-corrected chi connectivity index (χ2v) is 8.47. The lowest BCUT2D eigenvalue weighted by Crippen LogP contribution is -2.12. The third kappa shape index (κ3) is 3.65. The van der Waals surface area contributed by atoms with E-state index < -0.39 is 6.16 Å². The molecule has 168 valence electrons. The summed E-state index contributed by atoms with van der Waals surface area (Å²) in [5.74, 6) is 0. The Morgan fingerprint density at radius 2 is 1.00 bits per heavy atom. The minimum Gasteiger partial charge on any atom is -0.434 e. The van der Waals surface area contributed by atoms with Crippen molar-refractivity contribution >= 4 is 49.8 Å². The number of para-hydroxylation sites is 4. The summed E-state index contributed by atoms with van der Waals surface area (Å²) in [6.45, 7) is 0.538. The van der Waals surface area contributed by atoms with Gasteiger partial charge in [0.1, 0.15) is 0 Å². The van der Waals surface area contributed by atoms with Crippen LogP contribution in [-0.4, -0.2) is 29.3 Å². The highest BCUT2D eigenvalue weighted by atomic mass is 16.7. The highest BCUT2D eigenvalue weighted by Gasteiger charge is 2.11. The van der Waals surface area contributed by atoms with Crippen LogP contribution in [0.25, 0.3) is 43.6 Å². The number of H-pyrrole nitrogens is 2. The Morgan fingerprint density at radius 1 is 0.559 bits per heavy atom. The van der Waals surface area contributed by atoms with Gasteiger partial charge in [-0.2, -0.15) is 0 Å². The molecule has 5 nitrogen and oxygen atoms in total. The van der Waals surface area contributed by atoms with Gasteiger partial charge in [0.25, 0.3) is 0 Å². The van der Waals surface area contributed by atoms with Crippen molar-refractivity contribution in [2.24, 2.45) is 0 Å². The maximum absolute atomic E-state index is 12.2. The standard InChI is InChI=1S/C29H24N2O3/c32-29(33-17-15-19-7-5-11-23-21-9-1-3-13-25(21)30-27(19)23)34-18-16-20-8-6-12-24-22-10-2-4-14-26(22)31-28(20)24/h1-14,30-31H,15-18H2. The molecule has 0 saturated heterocycles. The van der Waals surface area contributed by atoms with Crippen LogP contribution in [0.15, 0.2) is 84.9 Å². The number of fused-ring (bicyclic) bond motifs is 6. The highest BCUT2D eigenvalue weighted by Crippen LogP contribution is 2.29. The van der Waals surface area contributed by atoms with Crippen LogP contribution in [0.4, 0.5) is 4.79 Å². The molecule has 0 fully saturated rings. The van der Waals surface area contributed by atoms with Gasteiger partial charge in [-0.3, -0.25) is 0 Å². The van der Waals surface area contributed by atoms with Crippen LogP contribution in [0, 0.1) is 0 Å². The van der Waals surface area contributed by atoms with Crippen LogP contribution in [0.1, 0.15) is 11.1 Å². The molecule has 0 aliphatic heterocycles. The van der Waals surface area contributed by atoms with Gasteiger partial charge in [-0.25, -0.2) is 4.79 Å². The van der Waals surface area contributed by atoms with Crippen LogP contribution in [0.3, 0.4) is 0 Å². The first-order valence-corrected chi connectivity index (χ1v) is 11.5. The molecule has 34 heavy (non-hydrogen) atoms. The molecule has 6 rings (SSSR count). The maximum atomic E-state index is 12.2. The number of ether oxygens (including phenoxy) is 2. The largest absolute Gasteiger partial charge is 0.508 e. The number of hydrogen-bond acceptors (Lipinski definition) is 3. The molecule has 2 heterocycles. The lowest BCUT2D eigenvalue weighted by molar-refractivity contribution is 0.0570. The van der Waals surface area contributed by atoms with E-state index in [1.807, 2.05) is 36.4 Å². The molecule has 0 bridgehead atoms. The monoisotopic (exact) mass is 448 g/mol. The Kier molecular flexibility index (Phi) is 5.15. The summed E-state index contributed by atoms with van der Waals surface area (Å²) in [5.41, 5.74) is 6.63. The number of benzene rings is 4. The molecule has 0 unspecified atom stereocenters. The Hall–Kier alpha value is -4.25. The average molecular weight is 449 g/mol. The molecular weight excluding hydrogens is 424 g/mol. The van der Waals surface area contributed by atoms with Gasteiger partial charge in [0.05, 0.1) is 13.2 Å². The number of hydrogen-bond donors (Lipinski definition) is 2. The van der Waals surface area contributed by atoms with E-state index in [1.165, 1.54) is 21.5 Å². The fourth-order valence-electron chi connectivity index (χ4n) is 4.81. The zero-order valence-corrected chi connectivity index (χ0v) is 18.6. The van der Waals surface area contributed by atoms with E-state index in [-0.39, 0.29) is 13.2 Å². The van der Waals surface area contributed by atoms with Crippen LogP contribution in [0.2, 0.25) is 0 Å². The van der Waals surface area contributed by atoms with E-state index in [1.54, 1.807) is 0 Å². The molecule has 0 atom stereocenters. The van der Waals surface area contributed by atoms with Crippen LogP contribution >= 0.6 is 0 Å². The first-order chi connectivity index (χ1) is 16.8. The lowest BCUT2D eigenvalue weighted by Gasteiger charge is -2.08. The smallest absolute Gasteiger partial charge is 0.434 e. The topological polar surface area (TPSA) is 67.1 Å². The number of aromatic amines is 2. The Bertz CT molecular complexity index is 1520. The predicted octanol–water partition coefficient (Wildman–Crippen LogP) is 6.89. The Labute approximate surface area is 196 Å². The number of nitrogens with one attached hydrogen (secondary N) is 2. The zero-order chi connectivity index (χ0) is 22.9. The third-order valence-corrected chi connectivity index (χ3v) is 6.44. The van der Waals surface area contributed by atoms with Crippen LogP contribution in [-0.2, 0) is 22.3 Å². The summed E-state index contributed by atoms with van der Waals surface area (Å²) >= 11 is 0. The molecule has 2 N–H and O–H groups in total. The minimum atomic E-state index is -0.632. The van der Waals surface area contributed by atoms with E-state index >= 15 is 0 Å². The second-order valence-electron chi connectivity index (χ2n) is 8.47. The first-order valence-electron chi connectivity index (χ1n) is 11.5. The summed E-state index contributed by atoms with van der Waals surface area (Å²) in [4.78, 5) is 19.1. The van der Waals surface area contributed by atoms with Crippen molar-refractivity contribution < 1.29 is 14.3 Å². The van der Waals surface area contributed by atoms with E-state index in [4.69, 9.17) is 9.47 Å². The molecule has 0 aliphatic carbocycles. The van der Waals surface area contributed by atoms with Crippen LogP contribution in [0.5, 0.6) is 0 Å². The fourth-order valence-corrected chi connectivity index (χ4v) is 4.81. The van der Waals surface area contributed by atoms with Crippen molar-refractivity contribution in [1.82, 2.24) is 9.97 Å². The van der Waals surface area contributed by atoms with Crippen molar-refractivity contribution in [2.45, 2.75) is 12.8 Å². The number of carbonyl (C=O) groups excluding carboxylic acids is 1. The molecule has 0 saturated carbocycles. The molecule has 0 aliphatic rings. The third-order valence-electron chi connectivity index (χ3n) is 6.44. The SMILES string of the molecule is O=C(OCCc1cccc2c1[nH]c1ccccc12)OCCc1cccc2c1[nH]c1ccccc12. The van der Waals surface area contributed by atoms with E-state index in [9.17, 15) is 4.79 Å². The normalized spacial score (nSPS) is 11.5. The van der Waals surface area contributed by atoms with Gasteiger partial charge < -0.3 is 19.4 Å². The van der Waals surface area contributed by atoms with Gasteiger partial charge >= 0.3 is 6.16 Å². The maximum Gasteiger partial charge on any atom is 0.508 e. The Morgan fingerprint density at radius 3 is 1.50 bits per heavy atom. The summed E-state index contributed by atoms with van der Waals surface area (Å²) < 4.78 is 10.7.